The summed E-state index contributed by atoms with van der Waals surface area (Å²) in [5.41, 5.74) is 1.31. The second-order valence-corrected chi connectivity index (χ2v) is 6.65. The molecule has 1 fully saturated rings. The van der Waals surface area contributed by atoms with Crippen molar-refractivity contribution >= 4 is 15.9 Å². The molecular formula is C16H22BrNO2. The number of piperidine rings is 1. The Balaban J connectivity index is 1.93. The fourth-order valence-corrected chi connectivity index (χ4v) is 4.03. The van der Waals surface area contributed by atoms with E-state index >= 15 is 0 Å². The smallest absolute Gasteiger partial charge is 0.137 e. The highest BCUT2D eigenvalue weighted by Gasteiger charge is 2.36. The third kappa shape index (κ3) is 2.56. The lowest BCUT2D eigenvalue weighted by Crippen LogP contribution is -2.43. The molecule has 1 saturated heterocycles. The number of benzene rings is 1. The van der Waals surface area contributed by atoms with Crippen LogP contribution in [0.3, 0.4) is 0 Å². The molecule has 0 N–H and O–H groups in total. The van der Waals surface area contributed by atoms with Gasteiger partial charge >= 0.3 is 0 Å². The SMILES string of the molecule is CCCN1CC[C@H]2COc3c(Br)cc(OC)cc3[C@H]2C1. The molecule has 1 aromatic rings. The van der Waals surface area contributed by atoms with E-state index in [1.807, 2.05) is 6.07 Å². The first-order chi connectivity index (χ1) is 9.72. The van der Waals surface area contributed by atoms with Crippen molar-refractivity contribution in [2.45, 2.75) is 25.7 Å². The van der Waals surface area contributed by atoms with Crippen LogP contribution < -0.4 is 9.47 Å². The van der Waals surface area contributed by atoms with Crippen molar-refractivity contribution in [2.75, 3.05) is 33.4 Å². The summed E-state index contributed by atoms with van der Waals surface area (Å²) in [6.45, 7) is 6.66. The van der Waals surface area contributed by atoms with E-state index in [9.17, 15) is 0 Å². The molecule has 0 radical (unpaired) electrons. The maximum absolute atomic E-state index is 6.00. The molecule has 110 valence electrons. The summed E-state index contributed by atoms with van der Waals surface area (Å²) in [6.07, 6.45) is 2.46. The first kappa shape index (κ1) is 14.2. The Labute approximate surface area is 129 Å². The summed E-state index contributed by atoms with van der Waals surface area (Å²) < 4.78 is 12.4. The largest absolute Gasteiger partial charge is 0.497 e. The van der Waals surface area contributed by atoms with E-state index in [2.05, 4.69) is 33.8 Å². The molecule has 0 bridgehead atoms. The van der Waals surface area contributed by atoms with Crippen LogP contribution in [0.4, 0.5) is 0 Å². The molecule has 2 atom stereocenters. The summed E-state index contributed by atoms with van der Waals surface area (Å²) in [6, 6.07) is 4.15. The quantitative estimate of drug-likeness (QED) is 0.838. The predicted molar refractivity (Wildman–Crippen MR) is 83.8 cm³/mol. The Kier molecular flexibility index (Phi) is 4.22. The minimum Gasteiger partial charge on any atom is -0.497 e. The molecule has 3 rings (SSSR count). The van der Waals surface area contributed by atoms with Crippen molar-refractivity contribution in [3.05, 3.63) is 22.2 Å². The number of nitrogens with zero attached hydrogens (tertiary/aromatic N) is 1. The van der Waals surface area contributed by atoms with E-state index < -0.39 is 0 Å². The number of hydrogen-bond donors (Lipinski definition) is 0. The third-order valence-corrected chi connectivity index (χ3v) is 5.09. The van der Waals surface area contributed by atoms with Crippen LogP contribution in [0.2, 0.25) is 0 Å². The van der Waals surface area contributed by atoms with Gasteiger partial charge in [-0.15, -0.1) is 0 Å². The fraction of sp³-hybridized carbons (Fsp3) is 0.625. The molecule has 0 aromatic heterocycles. The fourth-order valence-electron chi connectivity index (χ4n) is 3.46. The summed E-state index contributed by atoms with van der Waals surface area (Å²) in [4.78, 5) is 2.59. The molecule has 3 nitrogen and oxygen atoms in total. The molecule has 0 saturated carbocycles. The minimum atomic E-state index is 0.574. The van der Waals surface area contributed by atoms with Crippen molar-refractivity contribution in [3.63, 3.8) is 0 Å². The van der Waals surface area contributed by atoms with Crippen molar-refractivity contribution in [2.24, 2.45) is 5.92 Å². The lowest BCUT2D eigenvalue weighted by molar-refractivity contribution is 0.0986. The van der Waals surface area contributed by atoms with Gasteiger partial charge in [-0.05, 0) is 54.0 Å². The summed E-state index contributed by atoms with van der Waals surface area (Å²) in [5.74, 6) is 3.15. The van der Waals surface area contributed by atoms with Gasteiger partial charge in [0.05, 0.1) is 18.2 Å². The van der Waals surface area contributed by atoms with Crippen molar-refractivity contribution < 1.29 is 9.47 Å². The number of ether oxygens (including phenoxy) is 2. The monoisotopic (exact) mass is 339 g/mol. The highest BCUT2D eigenvalue weighted by Crippen LogP contribution is 2.46. The van der Waals surface area contributed by atoms with E-state index in [4.69, 9.17) is 9.47 Å². The van der Waals surface area contributed by atoms with E-state index in [0.717, 1.165) is 29.1 Å². The molecule has 0 aliphatic carbocycles. The number of fused-ring (bicyclic) bond motifs is 3. The zero-order valence-corrected chi connectivity index (χ0v) is 13.8. The number of halogens is 1. The molecular weight excluding hydrogens is 318 g/mol. The summed E-state index contributed by atoms with van der Waals surface area (Å²) >= 11 is 3.62. The average Bonchev–Trinajstić information content (AvgIpc) is 2.47. The lowest BCUT2D eigenvalue weighted by atomic mass is 9.79. The second kappa shape index (κ2) is 5.94. The zero-order valence-electron chi connectivity index (χ0n) is 12.2. The Bertz CT molecular complexity index is 492. The van der Waals surface area contributed by atoms with E-state index in [1.165, 1.54) is 31.5 Å². The second-order valence-electron chi connectivity index (χ2n) is 5.79. The number of methoxy groups -OCH3 is 1. The molecule has 2 aliphatic heterocycles. The Morgan fingerprint density at radius 2 is 2.30 bits per heavy atom. The van der Waals surface area contributed by atoms with Gasteiger partial charge in [-0.2, -0.15) is 0 Å². The van der Waals surface area contributed by atoms with Gasteiger partial charge in [0.15, 0.2) is 0 Å². The van der Waals surface area contributed by atoms with Crippen LogP contribution in [-0.2, 0) is 0 Å². The standard InChI is InChI=1S/C16H22BrNO2/c1-3-5-18-6-4-11-10-20-16-13(14(11)9-18)7-12(19-2)8-15(16)17/h7-8,11,14H,3-6,9-10H2,1-2H3/t11-,14-/m0/s1. The molecule has 1 aromatic carbocycles. The number of likely N-dealkylation sites (tertiary alicyclic amines) is 1. The zero-order chi connectivity index (χ0) is 14.1. The molecule has 0 spiro atoms. The molecule has 0 amide bonds. The van der Waals surface area contributed by atoms with Gasteiger partial charge in [0.25, 0.3) is 0 Å². The normalized spacial score (nSPS) is 25.6. The minimum absolute atomic E-state index is 0.574. The first-order valence-corrected chi connectivity index (χ1v) is 8.24. The van der Waals surface area contributed by atoms with E-state index in [1.54, 1.807) is 7.11 Å². The number of hydrogen-bond acceptors (Lipinski definition) is 3. The molecule has 2 aliphatic rings. The Hall–Kier alpha value is -0.740. The summed E-state index contributed by atoms with van der Waals surface area (Å²) in [5, 5.41) is 0. The average molecular weight is 340 g/mol. The van der Waals surface area contributed by atoms with Crippen LogP contribution in [0.5, 0.6) is 11.5 Å². The van der Waals surface area contributed by atoms with E-state index in [-0.39, 0.29) is 0 Å². The Morgan fingerprint density at radius 1 is 1.45 bits per heavy atom. The Morgan fingerprint density at radius 3 is 3.05 bits per heavy atom. The van der Waals surface area contributed by atoms with Crippen LogP contribution in [0.15, 0.2) is 16.6 Å². The summed E-state index contributed by atoms with van der Waals surface area (Å²) in [7, 11) is 1.72. The van der Waals surface area contributed by atoms with Gasteiger partial charge in [-0.3, -0.25) is 0 Å². The molecule has 4 heteroatoms. The van der Waals surface area contributed by atoms with Crippen LogP contribution >= 0.6 is 15.9 Å². The van der Waals surface area contributed by atoms with Crippen LogP contribution in [-0.4, -0.2) is 38.3 Å². The van der Waals surface area contributed by atoms with Crippen LogP contribution in [0.1, 0.15) is 31.2 Å². The molecule has 20 heavy (non-hydrogen) atoms. The van der Waals surface area contributed by atoms with E-state index in [0.29, 0.717) is 11.8 Å². The van der Waals surface area contributed by atoms with Gasteiger partial charge in [0.2, 0.25) is 0 Å². The number of rotatable bonds is 3. The van der Waals surface area contributed by atoms with Gasteiger partial charge in [0.1, 0.15) is 11.5 Å². The van der Waals surface area contributed by atoms with Crippen LogP contribution in [0.25, 0.3) is 0 Å². The molecule has 2 heterocycles. The first-order valence-electron chi connectivity index (χ1n) is 7.45. The van der Waals surface area contributed by atoms with Crippen molar-refractivity contribution in [1.29, 1.82) is 0 Å². The molecule has 0 unspecified atom stereocenters. The maximum Gasteiger partial charge on any atom is 0.137 e. The van der Waals surface area contributed by atoms with Gasteiger partial charge in [0, 0.05) is 23.9 Å². The third-order valence-electron chi connectivity index (χ3n) is 4.50. The highest BCUT2D eigenvalue weighted by atomic mass is 79.9. The van der Waals surface area contributed by atoms with Crippen molar-refractivity contribution in [3.8, 4) is 11.5 Å². The van der Waals surface area contributed by atoms with Gasteiger partial charge in [-0.25, -0.2) is 0 Å². The van der Waals surface area contributed by atoms with Gasteiger partial charge < -0.3 is 14.4 Å². The van der Waals surface area contributed by atoms with Crippen LogP contribution in [0, 0.1) is 5.92 Å². The predicted octanol–water partition coefficient (Wildman–Crippen LogP) is 3.67. The van der Waals surface area contributed by atoms with Crippen molar-refractivity contribution in [1.82, 2.24) is 4.90 Å². The topological polar surface area (TPSA) is 21.7 Å². The highest BCUT2D eigenvalue weighted by molar-refractivity contribution is 9.10. The maximum atomic E-state index is 6.00. The lowest BCUT2D eigenvalue weighted by Gasteiger charge is -2.42. The van der Waals surface area contributed by atoms with Gasteiger partial charge in [-0.1, -0.05) is 6.92 Å².